The fraction of sp³-hybridized carbons (Fsp3) is 0.472. The van der Waals surface area contributed by atoms with E-state index in [1.54, 1.807) is 34.4 Å². The number of unbranched alkanes of at least 4 members (excludes halogenated alkanes) is 20. The van der Waals surface area contributed by atoms with E-state index in [4.69, 9.17) is 8.75 Å². The first kappa shape index (κ1) is 57.1. The molecule has 0 radical (unpaired) electrons. The third-order valence-electron chi connectivity index (χ3n) is 18.7. The van der Waals surface area contributed by atoms with Gasteiger partial charge in [-0.15, -0.1) is 22.7 Å². The number of benzene rings is 5. The molecule has 8 heteroatoms. The molecule has 0 bridgehead atoms. The molecule has 0 saturated heterocycles. The normalized spacial score (nSPS) is 14.2. The van der Waals surface area contributed by atoms with E-state index in [1.165, 1.54) is 244 Å². The molecule has 0 amide bonds. The van der Waals surface area contributed by atoms with Crippen molar-refractivity contribution in [2.75, 3.05) is 9.44 Å². The third kappa shape index (κ3) is 11.6. The predicted octanol–water partition coefficient (Wildman–Crippen LogP) is 24.4. The molecule has 420 valence electrons. The molecule has 5 aromatic carbocycles. The van der Waals surface area contributed by atoms with Gasteiger partial charge >= 0.3 is 0 Å². The molecule has 1 aliphatic heterocycles. The first-order chi connectivity index (χ1) is 39.5. The summed E-state index contributed by atoms with van der Waals surface area (Å²) in [5.41, 5.74) is 21.3. The van der Waals surface area contributed by atoms with E-state index in [9.17, 15) is 0 Å². The number of fused-ring (bicyclic) bond motifs is 8. The van der Waals surface area contributed by atoms with Gasteiger partial charge in [-0.1, -0.05) is 255 Å². The topological polar surface area (TPSA) is 49.8 Å². The maximum atomic E-state index is 5.13. The summed E-state index contributed by atoms with van der Waals surface area (Å²) in [6.07, 6.45) is 36.8. The number of rotatable bonds is 32. The summed E-state index contributed by atoms with van der Waals surface area (Å²) in [7, 11) is 0. The van der Waals surface area contributed by atoms with Crippen LogP contribution in [-0.2, 0) is 10.8 Å². The summed E-state index contributed by atoms with van der Waals surface area (Å²) in [5, 5.41) is 0. The van der Waals surface area contributed by atoms with E-state index in [0.29, 0.717) is 0 Å². The number of anilines is 2. The van der Waals surface area contributed by atoms with Crippen LogP contribution in [0.2, 0.25) is 0 Å². The van der Waals surface area contributed by atoms with Crippen LogP contribution in [0, 0.1) is 0 Å². The molecule has 0 unspecified atom stereocenters. The lowest BCUT2D eigenvalue weighted by Crippen LogP contribution is -2.25. The van der Waals surface area contributed by atoms with Gasteiger partial charge in [0.05, 0.1) is 35.2 Å². The molecule has 2 N–H and O–H groups in total. The molecular formula is C72H88N4S4. The number of hydrogen-bond donors (Lipinski definition) is 2. The van der Waals surface area contributed by atoms with Gasteiger partial charge in [-0.05, 0) is 118 Å². The molecule has 8 aromatic rings. The van der Waals surface area contributed by atoms with Crippen LogP contribution >= 0.6 is 46.5 Å². The molecule has 2 aliphatic carbocycles. The third-order valence-corrected chi connectivity index (χ3v) is 22.1. The molecule has 0 atom stereocenters. The maximum Gasteiger partial charge on any atom is 0.116 e. The van der Waals surface area contributed by atoms with Gasteiger partial charge in [0, 0.05) is 41.5 Å². The molecule has 11 rings (SSSR count). The minimum absolute atomic E-state index is 0.0541. The molecule has 0 saturated carbocycles. The molecular weight excluding hydrogens is 1050 g/mol. The van der Waals surface area contributed by atoms with E-state index >= 15 is 0 Å². The quantitative estimate of drug-likeness (QED) is 0.0325. The van der Waals surface area contributed by atoms with Crippen molar-refractivity contribution in [2.24, 2.45) is 0 Å². The first-order valence-electron chi connectivity index (χ1n) is 31.7. The second kappa shape index (κ2) is 27.1. The Morgan fingerprint density at radius 3 is 1.07 bits per heavy atom. The number of aromatic nitrogens is 2. The summed E-state index contributed by atoms with van der Waals surface area (Å²) in [4.78, 5) is 5.07. The Bertz CT molecular complexity index is 3070. The van der Waals surface area contributed by atoms with Crippen LogP contribution < -0.4 is 9.44 Å². The maximum absolute atomic E-state index is 5.13. The highest BCUT2D eigenvalue weighted by Crippen LogP contribution is 2.59. The zero-order valence-electron chi connectivity index (χ0n) is 48.7. The van der Waals surface area contributed by atoms with Gasteiger partial charge in [0.15, 0.2) is 0 Å². The van der Waals surface area contributed by atoms with Crippen LogP contribution in [0.25, 0.3) is 75.0 Å². The van der Waals surface area contributed by atoms with Crippen molar-refractivity contribution in [1.29, 1.82) is 0 Å². The van der Waals surface area contributed by atoms with Crippen LogP contribution in [0.1, 0.15) is 230 Å². The summed E-state index contributed by atoms with van der Waals surface area (Å²) in [5.74, 6) is 0. The van der Waals surface area contributed by atoms with Crippen LogP contribution in [0.5, 0.6) is 0 Å². The average Bonchev–Trinajstić information content (AvgIpc) is 4.55. The molecule has 3 aromatic heterocycles. The highest BCUT2D eigenvalue weighted by atomic mass is 32.2. The largest absolute Gasteiger partial charge is 0.309 e. The smallest absolute Gasteiger partial charge is 0.116 e. The van der Waals surface area contributed by atoms with Crippen LogP contribution in [-0.4, -0.2) is 8.75 Å². The van der Waals surface area contributed by atoms with E-state index in [2.05, 4.69) is 146 Å². The van der Waals surface area contributed by atoms with Crippen molar-refractivity contribution in [3.63, 3.8) is 0 Å². The standard InChI is InChI=1S/C72H88N4S4/c1-5-9-13-17-21-29-45-71(46-30-22-18-14-10-6-2)57-35-27-25-33-53(57)55-39-37-51(49-59(55)71)61-41-43-63(77-61)65-67-69(75-79-73-67)66(70-68(65)74-80-76-70)64-44-42-62(78-64)52-38-40-56-54-34-26-28-36-58(54)72(60(56)50-52,47-31-23-19-15-11-7-3)48-32-24-20-16-12-8-4/h25-28,33-44,49-50,73,75H,5-24,29-32,45-48H2,1-4H3. The molecule has 0 fully saturated rings. The number of nitrogens with one attached hydrogen (secondary N) is 2. The molecule has 0 spiro atoms. The average molecular weight is 1140 g/mol. The summed E-state index contributed by atoms with van der Waals surface area (Å²) in [6, 6.07) is 43.3. The van der Waals surface area contributed by atoms with E-state index in [0.717, 1.165) is 33.5 Å². The first-order valence-corrected chi connectivity index (χ1v) is 34.9. The Hall–Kier alpha value is -4.73. The fourth-order valence-corrected chi connectivity index (χ4v) is 17.8. The van der Waals surface area contributed by atoms with Gasteiger partial charge in [-0.2, -0.15) is 8.75 Å². The highest BCUT2D eigenvalue weighted by molar-refractivity contribution is 8.02. The highest BCUT2D eigenvalue weighted by Gasteiger charge is 2.44. The predicted molar refractivity (Wildman–Crippen MR) is 354 cm³/mol. The van der Waals surface area contributed by atoms with Crippen LogP contribution in [0.4, 0.5) is 11.4 Å². The van der Waals surface area contributed by atoms with Crippen molar-refractivity contribution in [3.8, 4) is 64.0 Å². The Balaban J connectivity index is 0.902. The van der Waals surface area contributed by atoms with Gasteiger partial charge in [0.1, 0.15) is 11.0 Å². The van der Waals surface area contributed by atoms with Crippen molar-refractivity contribution < 1.29 is 0 Å². The molecule has 3 aliphatic rings. The summed E-state index contributed by atoms with van der Waals surface area (Å²) >= 11 is 6.69. The number of thiophene rings is 2. The lowest BCUT2D eigenvalue weighted by atomic mass is 9.70. The summed E-state index contributed by atoms with van der Waals surface area (Å²) in [6.45, 7) is 9.30. The Labute approximate surface area is 497 Å². The van der Waals surface area contributed by atoms with Gasteiger partial charge in [0.25, 0.3) is 0 Å². The van der Waals surface area contributed by atoms with Crippen molar-refractivity contribution in [1.82, 2.24) is 8.75 Å². The molecule has 80 heavy (non-hydrogen) atoms. The molecule has 4 nitrogen and oxygen atoms in total. The second-order valence-electron chi connectivity index (χ2n) is 23.9. The lowest BCUT2D eigenvalue weighted by Gasteiger charge is -2.33. The Kier molecular flexibility index (Phi) is 19.4. The van der Waals surface area contributed by atoms with E-state index < -0.39 is 0 Å². The monoisotopic (exact) mass is 1140 g/mol. The zero-order valence-corrected chi connectivity index (χ0v) is 52.0. The van der Waals surface area contributed by atoms with E-state index in [1.807, 2.05) is 22.7 Å². The van der Waals surface area contributed by atoms with Crippen molar-refractivity contribution >= 4 is 68.9 Å². The van der Waals surface area contributed by atoms with Crippen molar-refractivity contribution in [2.45, 2.75) is 218 Å². The van der Waals surface area contributed by atoms with Gasteiger partial charge < -0.3 is 9.44 Å². The van der Waals surface area contributed by atoms with Gasteiger partial charge in [-0.3, -0.25) is 0 Å². The summed E-state index contributed by atoms with van der Waals surface area (Å²) < 4.78 is 17.7. The second-order valence-corrected chi connectivity index (χ2v) is 27.3. The number of hydrogen-bond acceptors (Lipinski definition) is 8. The fourth-order valence-electron chi connectivity index (χ4n) is 14.4. The van der Waals surface area contributed by atoms with E-state index in [-0.39, 0.29) is 10.8 Å². The van der Waals surface area contributed by atoms with Gasteiger partial charge in [0.2, 0.25) is 0 Å². The minimum Gasteiger partial charge on any atom is -0.309 e. The SMILES string of the molecule is CCCCCCCCC1(CCCCCCCC)c2ccccc2-c2ccc(-c3ccc(-c4c5c(c(-c6ccc(-c7ccc8c(c7)C(CCCCCCCC)(CCCCCCCC)c7ccccc7-8)s6)c6nsnc46)NSN5)s3)cc21. The minimum atomic E-state index is 0.0541. The molecule has 4 heterocycles. The Morgan fingerprint density at radius 2 is 0.688 bits per heavy atom. The van der Waals surface area contributed by atoms with Crippen molar-refractivity contribution in [3.05, 3.63) is 131 Å². The van der Waals surface area contributed by atoms with Crippen LogP contribution in [0.3, 0.4) is 0 Å². The zero-order chi connectivity index (χ0) is 54.7. The van der Waals surface area contributed by atoms with Crippen LogP contribution in [0.15, 0.2) is 109 Å². The Morgan fingerprint density at radius 1 is 0.350 bits per heavy atom. The lowest BCUT2D eigenvalue weighted by molar-refractivity contribution is 0.398. The van der Waals surface area contributed by atoms with Gasteiger partial charge in [-0.25, -0.2) is 0 Å². The number of nitrogens with zero attached hydrogens (tertiary/aromatic N) is 2.